The van der Waals surface area contributed by atoms with Crippen molar-refractivity contribution in [2.75, 3.05) is 0 Å². The van der Waals surface area contributed by atoms with Gasteiger partial charge in [-0.3, -0.25) is 4.79 Å². The first-order chi connectivity index (χ1) is 10.3. The van der Waals surface area contributed by atoms with Crippen LogP contribution in [-0.4, -0.2) is 33.4 Å². The Morgan fingerprint density at radius 2 is 1.86 bits per heavy atom. The molecule has 4 rings (SSSR count). The minimum Gasteiger partial charge on any atom is -0.393 e. The molecule has 0 saturated heterocycles. The number of hydrogen-bond donors (Lipinski definition) is 2. The van der Waals surface area contributed by atoms with Gasteiger partial charge in [0.15, 0.2) is 0 Å². The van der Waals surface area contributed by atoms with Crippen molar-refractivity contribution < 1.29 is 19.4 Å². The molecule has 124 valence electrons. The first-order valence-electron chi connectivity index (χ1n) is 8.91. The standard InChI is InChI=1S/C18H27FO3/c1-16-7-6-14-12(13(16)2-3-15(16)21)5-8-17(19)10-11(20)4-9-18(14,17)22/h12-15,21-22H,2-10H2,1H3/t12?,13-,14-,15-,16-,17+,18-/m0/s1. The smallest absolute Gasteiger partial charge is 0.146 e. The topological polar surface area (TPSA) is 57.5 Å². The van der Waals surface area contributed by atoms with Crippen molar-refractivity contribution in [3.05, 3.63) is 0 Å². The zero-order valence-electron chi connectivity index (χ0n) is 13.4. The zero-order valence-corrected chi connectivity index (χ0v) is 13.4. The van der Waals surface area contributed by atoms with E-state index in [9.17, 15) is 15.0 Å². The second-order valence-electron chi connectivity index (χ2n) is 8.66. The third-order valence-corrected chi connectivity index (χ3v) is 7.91. The Labute approximate surface area is 131 Å². The van der Waals surface area contributed by atoms with Crippen LogP contribution in [0.2, 0.25) is 0 Å². The number of aliphatic hydroxyl groups is 2. The van der Waals surface area contributed by atoms with Crippen molar-refractivity contribution >= 4 is 5.78 Å². The van der Waals surface area contributed by atoms with Gasteiger partial charge in [-0.25, -0.2) is 4.39 Å². The zero-order chi connectivity index (χ0) is 15.8. The second-order valence-corrected chi connectivity index (χ2v) is 8.66. The molecule has 4 aliphatic carbocycles. The van der Waals surface area contributed by atoms with Crippen molar-refractivity contribution in [3.8, 4) is 0 Å². The average Bonchev–Trinajstić information content (AvgIpc) is 2.76. The fraction of sp³-hybridized carbons (Fsp3) is 0.944. The third-order valence-electron chi connectivity index (χ3n) is 7.91. The van der Waals surface area contributed by atoms with Crippen LogP contribution in [0.4, 0.5) is 4.39 Å². The summed E-state index contributed by atoms with van der Waals surface area (Å²) in [6.45, 7) is 2.18. The lowest BCUT2D eigenvalue weighted by atomic mass is 9.48. The molecule has 0 aromatic heterocycles. The summed E-state index contributed by atoms with van der Waals surface area (Å²) in [5, 5.41) is 21.6. The summed E-state index contributed by atoms with van der Waals surface area (Å²) in [7, 11) is 0. The van der Waals surface area contributed by atoms with Crippen LogP contribution < -0.4 is 0 Å². The van der Waals surface area contributed by atoms with Crippen LogP contribution in [0.5, 0.6) is 0 Å². The molecule has 4 aliphatic rings. The van der Waals surface area contributed by atoms with Crippen LogP contribution in [0.25, 0.3) is 0 Å². The van der Waals surface area contributed by atoms with Gasteiger partial charge < -0.3 is 10.2 Å². The lowest BCUT2D eigenvalue weighted by Crippen LogP contribution is -2.66. The summed E-state index contributed by atoms with van der Waals surface area (Å²) in [5.74, 6) is 0.621. The fourth-order valence-corrected chi connectivity index (χ4v) is 6.58. The number of hydrogen-bond acceptors (Lipinski definition) is 3. The van der Waals surface area contributed by atoms with Gasteiger partial charge in [0.05, 0.1) is 6.10 Å². The molecule has 4 fully saturated rings. The van der Waals surface area contributed by atoms with Gasteiger partial charge in [0.1, 0.15) is 17.1 Å². The van der Waals surface area contributed by atoms with Crippen LogP contribution in [0.15, 0.2) is 0 Å². The van der Waals surface area contributed by atoms with E-state index in [2.05, 4.69) is 6.92 Å². The van der Waals surface area contributed by atoms with E-state index in [1.165, 1.54) is 0 Å². The molecule has 3 nitrogen and oxygen atoms in total. The van der Waals surface area contributed by atoms with Crippen molar-refractivity contribution in [1.29, 1.82) is 0 Å². The lowest BCUT2D eigenvalue weighted by molar-refractivity contribution is -0.225. The molecule has 22 heavy (non-hydrogen) atoms. The number of fused-ring (bicyclic) bond motifs is 5. The van der Waals surface area contributed by atoms with Gasteiger partial charge in [0, 0.05) is 12.8 Å². The van der Waals surface area contributed by atoms with E-state index in [0.29, 0.717) is 24.7 Å². The number of rotatable bonds is 0. The maximum Gasteiger partial charge on any atom is 0.146 e. The Kier molecular flexibility index (Phi) is 3.11. The maximum atomic E-state index is 15.4. The summed E-state index contributed by atoms with van der Waals surface area (Å²) in [4.78, 5) is 11.7. The second kappa shape index (κ2) is 4.54. The monoisotopic (exact) mass is 310 g/mol. The molecule has 0 heterocycles. The number of ketones is 1. The number of carbonyl (C=O) groups excluding carboxylic acids is 1. The van der Waals surface area contributed by atoms with Crippen molar-refractivity contribution in [3.63, 3.8) is 0 Å². The third kappa shape index (κ3) is 1.71. The van der Waals surface area contributed by atoms with E-state index in [0.717, 1.165) is 32.1 Å². The number of Topliss-reactive ketones (excluding diaryl/α,β-unsaturated/α-hetero) is 1. The first kappa shape index (κ1) is 15.1. The van der Waals surface area contributed by atoms with Gasteiger partial charge in [-0.05, 0) is 68.1 Å². The molecule has 0 amide bonds. The van der Waals surface area contributed by atoms with E-state index < -0.39 is 11.3 Å². The first-order valence-corrected chi connectivity index (χ1v) is 8.91. The van der Waals surface area contributed by atoms with E-state index in [4.69, 9.17) is 0 Å². The van der Waals surface area contributed by atoms with E-state index in [1.54, 1.807) is 0 Å². The molecule has 0 aromatic carbocycles. The minimum absolute atomic E-state index is 0.0391. The summed E-state index contributed by atoms with van der Waals surface area (Å²) in [6.07, 6.45) is 4.79. The largest absolute Gasteiger partial charge is 0.393 e. The Hall–Kier alpha value is -0.480. The van der Waals surface area contributed by atoms with Crippen LogP contribution >= 0.6 is 0 Å². The number of alkyl halides is 1. The predicted molar refractivity (Wildman–Crippen MR) is 79.9 cm³/mol. The molecule has 7 atom stereocenters. The quantitative estimate of drug-likeness (QED) is 0.723. The average molecular weight is 310 g/mol. The summed E-state index contributed by atoms with van der Waals surface area (Å²) in [6, 6.07) is 0. The summed E-state index contributed by atoms with van der Waals surface area (Å²) < 4.78 is 15.4. The lowest BCUT2D eigenvalue weighted by Gasteiger charge is -2.60. The molecule has 4 heteroatoms. The Morgan fingerprint density at radius 3 is 2.64 bits per heavy atom. The van der Waals surface area contributed by atoms with Crippen LogP contribution in [0, 0.1) is 23.2 Å². The van der Waals surface area contributed by atoms with Gasteiger partial charge in [0.2, 0.25) is 0 Å². The Bertz CT molecular complexity index is 509. The highest BCUT2D eigenvalue weighted by molar-refractivity contribution is 5.81. The molecule has 0 aromatic rings. The molecule has 0 aliphatic heterocycles. The summed E-state index contributed by atoms with van der Waals surface area (Å²) in [5.41, 5.74) is -3.09. The van der Waals surface area contributed by atoms with Gasteiger partial charge >= 0.3 is 0 Å². The molecule has 0 bridgehead atoms. The van der Waals surface area contributed by atoms with Gasteiger partial charge in [-0.1, -0.05) is 6.92 Å². The van der Waals surface area contributed by atoms with Crippen molar-refractivity contribution in [1.82, 2.24) is 0 Å². The predicted octanol–water partition coefficient (Wildman–Crippen LogP) is 2.78. The van der Waals surface area contributed by atoms with Gasteiger partial charge in [0.25, 0.3) is 0 Å². The van der Waals surface area contributed by atoms with E-state index in [-0.39, 0.29) is 36.1 Å². The summed E-state index contributed by atoms with van der Waals surface area (Å²) >= 11 is 0. The Morgan fingerprint density at radius 1 is 1.09 bits per heavy atom. The SMILES string of the molecule is C[C@]12CC[C@H]3C(CC[C@@]4(F)CC(=O)CC[C@]34O)[C@@H]1CC[C@@H]2O. The maximum absolute atomic E-state index is 15.4. The highest BCUT2D eigenvalue weighted by Crippen LogP contribution is 2.64. The van der Waals surface area contributed by atoms with E-state index in [1.807, 2.05) is 0 Å². The molecular formula is C18H27FO3. The number of carbonyl (C=O) groups is 1. The van der Waals surface area contributed by atoms with Crippen LogP contribution in [-0.2, 0) is 4.79 Å². The fourth-order valence-electron chi connectivity index (χ4n) is 6.58. The number of halogens is 1. The van der Waals surface area contributed by atoms with Crippen molar-refractivity contribution in [2.45, 2.75) is 82.1 Å². The highest BCUT2D eigenvalue weighted by atomic mass is 19.1. The normalized spacial score (nSPS) is 57.9. The van der Waals surface area contributed by atoms with Gasteiger partial charge in [-0.15, -0.1) is 0 Å². The van der Waals surface area contributed by atoms with Crippen LogP contribution in [0.3, 0.4) is 0 Å². The highest BCUT2D eigenvalue weighted by Gasteiger charge is 2.66. The minimum atomic E-state index is -1.71. The molecule has 2 N–H and O–H groups in total. The molecule has 1 unspecified atom stereocenters. The molecule has 0 spiro atoms. The number of aliphatic hydroxyl groups excluding tert-OH is 1. The van der Waals surface area contributed by atoms with Crippen molar-refractivity contribution in [2.24, 2.45) is 23.2 Å². The van der Waals surface area contributed by atoms with Crippen LogP contribution in [0.1, 0.15) is 64.7 Å². The van der Waals surface area contributed by atoms with Gasteiger partial charge in [-0.2, -0.15) is 0 Å². The molecular weight excluding hydrogens is 283 g/mol. The molecule has 4 saturated carbocycles. The molecule has 0 radical (unpaired) electrons. The van der Waals surface area contributed by atoms with E-state index >= 15 is 4.39 Å². The Balaban J connectivity index is 1.68.